The number of carbonyl (C=O) groups is 1. The molecule has 14 nitrogen and oxygen atoms in total. The van der Waals surface area contributed by atoms with Gasteiger partial charge in [0.15, 0.2) is 22.9 Å². The van der Waals surface area contributed by atoms with Gasteiger partial charge in [-0.15, -0.1) is 0 Å². The van der Waals surface area contributed by atoms with Crippen molar-refractivity contribution in [1.29, 1.82) is 0 Å². The molecular formula is C27H29F4N6O8P. The molecule has 2 aromatic carbocycles. The highest BCUT2D eigenvalue weighted by atomic mass is 31.2. The lowest BCUT2D eigenvalue weighted by Crippen LogP contribution is -2.54. The Balaban J connectivity index is 1.51. The van der Waals surface area contributed by atoms with Gasteiger partial charge in [-0.2, -0.15) is 18.9 Å². The number of alkyl halides is 4. The van der Waals surface area contributed by atoms with Crippen LogP contribution in [-0.2, 0) is 23.4 Å². The van der Waals surface area contributed by atoms with E-state index in [-0.39, 0.29) is 5.75 Å². The molecule has 19 heteroatoms. The average molecular weight is 673 g/mol. The smallest absolute Gasteiger partial charge is 0.459 e. The van der Waals surface area contributed by atoms with E-state index in [0.717, 1.165) is 0 Å². The van der Waals surface area contributed by atoms with Crippen LogP contribution in [0.1, 0.15) is 27.0 Å². The summed E-state index contributed by atoms with van der Waals surface area (Å²) in [6.45, 7) is 2.70. The molecule has 2 aromatic heterocycles. The van der Waals surface area contributed by atoms with Crippen molar-refractivity contribution >= 4 is 41.6 Å². The SMILES string of the molecule is CC(C)OC(=O)[C@H](C)N[P@](=O)(OC[C@@]1(C(F)F)O[C@@H](n2cnc3c(=O)[nH]c(N)nc32)C(F)(F)[C@H]1O)Oc1cccc2ccccc12. The molecular weight excluding hydrogens is 643 g/mol. The van der Waals surface area contributed by atoms with E-state index in [1.807, 2.05) is 0 Å². The Hall–Kier alpha value is -4.09. The van der Waals surface area contributed by atoms with E-state index < -0.39 is 85.4 Å². The second-order valence-corrected chi connectivity index (χ2v) is 12.4. The number of fused-ring (bicyclic) bond motifs is 2. The second-order valence-electron chi connectivity index (χ2n) is 10.8. The third kappa shape index (κ3) is 6.05. The molecule has 0 aliphatic carbocycles. The topological polar surface area (TPSA) is 193 Å². The number of aromatic nitrogens is 4. The maximum Gasteiger partial charge on any atom is 0.459 e. The lowest BCUT2D eigenvalue weighted by Gasteiger charge is -2.32. The van der Waals surface area contributed by atoms with Gasteiger partial charge >= 0.3 is 19.6 Å². The zero-order valence-corrected chi connectivity index (χ0v) is 25.3. The molecule has 46 heavy (non-hydrogen) atoms. The molecule has 0 spiro atoms. The van der Waals surface area contributed by atoms with Crippen LogP contribution >= 0.6 is 7.75 Å². The van der Waals surface area contributed by atoms with Crippen LogP contribution in [0.25, 0.3) is 21.9 Å². The summed E-state index contributed by atoms with van der Waals surface area (Å²) in [6.07, 6.45) is -9.75. The lowest BCUT2D eigenvalue weighted by molar-refractivity contribution is -0.191. The second kappa shape index (κ2) is 12.3. The number of nitrogens with one attached hydrogen (secondary N) is 2. The monoisotopic (exact) mass is 672 g/mol. The molecule has 5 atom stereocenters. The zero-order valence-electron chi connectivity index (χ0n) is 24.4. The first-order valence-corrected chi connectivity index (χ1v) is 15.3. The summed E-state index contributed by atoms with van der Waals surface area (Å²) < 4.78 is 96.5. The van der Waals surface area contributed by atoms with Crippen molar-refractivity contribution in [3.05, 3.63) is 59.1 Å². The van der Waals surface area contributed by atoms with E-state index in [4.69, 9.17) is 24.3 Å². The minimum absolute atomic E-state index is 0.0701. The maximum absolute atomic E-state index is 15.6. The molecule has 0 saturated carbocycles. The molecule has 0 radical (unpaired) electrons. The summed E-state index contributed by atoms with van der Waals surface area (Å²) in [5, 5.41) is 14.0. The van der Waals surface area contributed by atoms with Gasteiger partial charge < -0.3 is 24.8 Å². The fourth-order valence-corrected chi connectivity index (χ4v) is 6.37. The van der Waals surface area contributed by atoms with E-state index in [0.29, 0.717) is 21.7 Å². The molecule has 0 unspecified atom stereocenters. The Kier molecular flexibility index (Phi) is 8.87. The molecule has 3 heterocycles. The lowest BCUT2D eigenvalue weighted by atomic mass is 9.96. The molecule has 1 aliphatic rings. The van der Waals surface area contributed by atoms with Crippen molar-refractivity contribution in [3.63, 3.8) is 0 Å². The first-order chi connectivity index (χ1) is 21.6. The van der Waals surface area contributed by atoms with Crippen LogP contribution in [0.3, 0.4) is 0 Å². The van der Waals surface area contributed by atoms with Gasteiger partial charge in [-0.3, -0.25) is 23.7 Å². The summed E-state index contributed by atoms with van der Waals surface area (Å²) >= 11 is 0. The molecule has 5 N–H and O–H groups in total. The summed E-state index contributed by atoms with van der Waals surface area (Å²) in [5.41, 5.74) is 0.0689. The summed E-state index contributed by atoms with van der Waals surface area (Å²) in [5.74, 6) is -5.96. The minimum atomic E-state index is -4.95. The Morgan fingerprint density at radius 3 is 2.61 bits per heavy atom. The van der Waals surface area contributed by atoms with E-state index in [1.165, 1.54) is 19.1 Å². The number of hydrogen-bond acceptors (Lipinski definition) is 11. The highest BCUT2D eigenvalue weighted by Crippen LogP contribution is 2.54. The zero-order chi connectivity index (χ0) is 33.6. The number of aliphatic hydroxyl groups is 1. The number of carbonyl (C=O) groups excluding carboxylic acids is 1. The molecule has 5 rings (SSSR count). The van der Waals surface area contributed by atoms with Gasteiger partial charge in [0.2, 0.25) is 12.2 Å². The standard InChI is InChI=1S/C27H29F4N6O8P/c1-13(2)43-21(39)14(3)36-46(41,45-17-10-6-8-15-7-4-5-9-16(15)17)42-11-26(23(28)29)22(40)27(30,31)24(44-26)37-12-33-18-19(37)34-25(32)35-20(18)38/h4-10,12-14,22-24,40H,11H2,1-3H3,(H,36,41)(H3,32,34,35,38)/t14-,22-,24+,26+,46-/m0/s1. The predicted molar refractivity (Wildman–Crippen MR) is 154 cm³/mol. The number of H-pyrrole nitrogens is 1. The third-order valence-electron chi connectivity index (χ3n) is 7.05. The number of ether oxygens (including phenoxy) is 2. The van der Waals surface area contributed by atoms with Crippen molar-refractivity contribution in [2.75, 3.05) is 12.3 Å². The Morgan fingerprint density at radius 1 is 1.22 bits per heavy atom. The number of imidazole rings is 1. The number of anilines is 1. The van der Waals surface area contributed by atoms with Crippen LogP contribution in [0.2, 0.25) is 0 Å². The number of nitrogens with zero attached hydrogens (tertiary/aromatic N) is 3. The molecule has 1 saturated heterocycles. The Morgan fingerprint density at radius 2 is 1.91 bits per heavy atom. The number of hydrogen-bond donors (Lipinski definition) is 4. The van der Waals surface area contributed by atoms with Crippen molar-refractivity contribution in [1.82, 2.24) is 24.6 Å². The molecule has 1 aliphatic heterocycles. The van der Waals surface area contributed by atoms with Gasteiger partial charge in [0, 0.05) is 5.39 Å². The average Bonchev–Trinajstić information content (AvgIpc) is 3.48. The Labute approximate surface area is 257 Å². The summed E-state index contributed by atoms with van der Waals surface area (Å²) in [4.78, 5) is 34.3. The van der Waals surface area contributed by atoms with Crippen LogP contribution in [-0.4, -0.2) is 73.4 Å². The van der Waals surface area contributed by atoms with Gasteiger partial charge in [-0.1, -0.05) is 36.4 Å². The van der Waals surface area contributed by atoms with Gasteiger partial charge in [0.05, 0.1) is 19.0 Å². The number of halogens is 4. The van der Waals surface area contributed by atoms with E-state index in [9.17, 15) is 28.0 Å². The normalized spacial score (nSPS) is 23.2. The number of aliphatic hydroxyl groups excluding tert-OH is 1. The largest absolute Gasteiger partial charge is 0.462 e. The highest BCUT2D eigenvalue weighted by molar-refractivity contribution is 7.52. The van der Waals surface area contributed by atoms with Crippen LogP contribution in [0.15, 0.2) is 53.6 Å². The number of nitrogen functional groups attached to an aromatic ring is 1. The third-order valence-corrected chi connectivity index (χ3v) is 8.66. The fraction of sp³-hybridized carbons (Fsp3) is 0.407. The summed E-state index contributed by atoms with van der Waals surface area (Å²) in [7, 11) is -4.95. The van der Waals surface area contributed by atoms with Gasteiger partial charge in [0.1, 0.15) is 11.8 Å². The van der Waals surface area contributed by atoms with Gasteiger partial charge in [-0.25, -0.2) is 18.3 Å². The van der Waals surface area contributed by atoms with Crippen molar-refractivity contribution < 1.29 is 50.5 Å². The van der Waals surface area contributed by atoms with Crippen molar-refractivity contribution in [2.24, 2.45) is 0 Å². The molecule has 0 amide bonds. The number of nitrogens with two attached hydrogens (primary N) is 1. The van der Waals surface area contributed by atoms with E-state index in [1.54, 1.807) is 44.2 Å². The Bertz CT molecular complexity index is 1870. The van der Waals surface area contributed by atoms with E-state index >= 15 is 8.78 Å². The minimum Gasteiger partial charge on any atom is -0.462 e. The van der Waals surface area contributed by atoms with E-state index in [2.05, 4.69) is 20.0 Å². The van der Waals surface area contributed by atoms with Crippen molar-refractivity contribution in [3.8, 4) is 5.75 Å². The van der Waals surface area contributed by atoms with Crippen LogP contribution in [0.4, 0.5) is 23.5 Å². The van der Waals surface area contributed by atoms with Crippen molar-refractivity contribution in [2.45, 2.75) is 63.2 Å². The van der Waals surface area contributed by atoms with Crippen LogP contribution < -0.4 is 20.9 Å². The molecule has 248 valence electrons. The highest BCUT2D eigenvalue weighted by Gasteiger charge is 2.71. The first kappa shape index (κ1) is 33.3. The number of benzene rings is 2. The fourth-order valence-electron chi connectivity index (χ4n) is 4.82. The maximum atomic E-state index is 15.6. The van der Waals surface area contributed by atoms with Crippen LogP contribution in [0.5, 0.6) is 5.75 Å². The first-order valence-electron chi connectivity index (χ1n) is 13.7. The molecule has 1 fully saturated rings. The quantitative estimate of drug-likeness (QED) is 0.103. The van der Waals surface area contributed by atoms with Crippen LogP contribution in [0, 0.1) is 0 Å². The number of aromatic amines is 1. The number of esters is 1. The van der Waals surface area contributed by atoms with Gasteiger partial charge in [0.25, 0.3) is 12.0 Å². The molecule has 0 bridgehead atoms. The van der Waals surface area contributed by atoms with Gasteiger partial charge in [-0.05, 0) is 32.2 Å². The molecule has 4 aromatic rings. The number of rotatable bonds is 11. The summed E-state index contributed by atoms with van der Waals surface area (Å²) in [6, 6.07) is 9.88. The predicted octanol–water partition coefficient (Wildman–Crippen LogP) is 3.52.